The molecule has 1 amide bonds. The molecule has 1 saturated heterocycles. The first kappa shape index (κ1) is 15.9. The number of amides is 1. The molecule has 2 aromatic rings. The van der Waals surface area contributed by atoms with Gasteiger partial charge in [-0.15, -0.1) is 5.10 Å². The molecule has 0 aliphatic carbocycles. The summed E-state index contributed by atoms with van der Waals surface area (Å²) in [5, 5.41) is 8.02. The summed E-state index contributed by atoms with van der Waals surface area (Å²) >= 11 is 0. The number of nitrogens with two attached hydrogens (primary N) is 1. The van der Waals surface area contributed by atoms with Gasteiger partial charge in [-0.1, -0.05) is 17.3 Å². The van der Waals surface area contributed by atoms with Gasteiger partial charge in [0.25, 0.3) is 0 Å². The van der Waals surface area contributed by atoms with Gasteiger partial charge in [0.05, 0.1) is 17.8 Å². The molecule has 9 heteroatoms. The molecule has 1 aliphatic heterocycles. The quantitative estimate of drug-likeness (QED) is 0.823. The van der Waals surface area contributed by atoms with E-state index in [9.17, 15) is 13.2 Å². The second-order valence-electron chi connectivity index (χ2n) is 5.69. The van der Waals surface area contributed by atoms with Crippen LogP contribution in [-0.4, -0.2) is 52.5 Å². The summed E-state index contributed by atoms with van der Waals surface area (Å²) in [6.07, 6.45) is 0.974. The fourth-order valence-electron chi connectivity index (χ4n) is 2.83. The Hall–Kier alpha value is -2.00. The number of aryl methyl sites for hydroxylation is 1. The zero-order valence-electron chi connectivity index (χ0n) is 12.6. The van der Waals surface area contributed by atoms with Crippen molar-refractivity contribution in [3.05, 3.63) is 24.3 Å². The van der Waals surface area contributed by atoms with Gasteiger partial charge in [0, 0.05) is 19.0 Å². The molecule has 2 N–H and O–H groups in total. The minimum absolute atomic E-state index is 0.0401. The predicted molar refractivity (Wildman–Crippen MR) is 84.8 cm³/mol. The van der Waals surface area contributed by atoms with Crippen molar-refractivity contribution in [1.82, 2.24) is 19.3 Å². The Kier molecular flexibility index (Phi) is 4.31. The van der Waals surface area contributed by atoms with E-state index in [1.807, 2.05) is 24.3 Å². The number of primary amides is 1. The number of hydrogen-bond acceptors (Lipinski definition) is 5. The Bertz CT molecular complexity index is 809. The smallest absolute Gasteiger partial charge is 0.220 e. The van der Waals surface area contributed by atoms with E-state index in [1.165, 1.54) is 4.31 Å². The fourth-order valence-corrected chi connectivity index (χ4v) is 4.26. The van der Waals surface area contributed by atoms with Crippen molar-refractivity contribution in [2.75, 3.05) is 18.8 Å². The highest BCUT2D eigenvalue weighted by Gasteiger charge is 2.30. The van der Waals surface area contributed by atoms with Crippen LogP contribution < -0.4 is 5.73 Å². The molecule has 1 aromatic heterocycles. The molecule has 0 atom stereocenters. The van der Waals surface area contributed by atoms with E-state index in [0.29, 0.717) is 25.9 Å². The van der Waals surface area contributed by atoms with E-state index in [-0.39, 0.29) is 24.1 Å². The Balaban J connectivity index is 1.64. The van der Waals surface area contributed by atoms with Gasteiger partial charge in [-0.05, 0) is 25.0 Å². The molecule has 0 spiro atoms. The highest BCUT2D eigenvalue weighted by Crippen LogP contribution is 2.20. The molecule has 124 valence electrons. The third kappa shape index (κ3) is 3.35. The molecule has 0 radical (unpaired) electrons. The third-order valence-corrected chi connectivity index (χ3v) is 6.08. The van der Waals surface area contributed by atoms with E-state index in [4.69, 9.17) is 5.73 Å². The van der Waals surface area contributed by atoms with Crippen LogP contribution in [0.3, 0.4) is 0 Å². The zero-order chi connectivity index (χ0) is 16.4. The number of carbonyl (C=O) groups is 1. The van der Waals surface area contributed by atoms with Gasteiger partial charge in [0.2, 0.25) is 15.9 Å². The molecule has 0 saturated carbocycles. The Morgan fingerprint density at radius 2 is 1.96 bits per heavy atom. The minimum Gasteiger partial charge on any atom is -0.369 e. The van der Waals surface area contributed by atoms with Gasteiger partial charge < -0.3 is 5.73 Å². The maximum absolute atomic E-state index is 12.4. The van der Waals surface area contributed by atoms with Crippen LogP contribution in [-0.2, 0) is 21.4 Å². The number of aromatic nitrogens is 3. The lowest BCUT2D eigenvalue weighted by Gasteiger charge is -2.29. The third-order valence-electron chi connectivity index (χ3n) is 4.23. The summed E-state index contributed by atoms with van der Waals surface area (Å²) in [6.45, 7) is 0.931. The van der Waals surface area contributed by atoms with Crippen molar-refractivity contribution in [3.8, 4) is 0 Å². The number of rotatable bonds is 5. The first-order valence-corrected chi connectivity index (χ1v) is 9.13. The second-order valence-corrected chi connectivity index (χ2v) is 7.78. The van der Waals surface area contributed by atoms with Crippen LogP contribution in [0.15, 0.2) is 24.3 Å². The average Bonchev–Trinajstić information content (AvgIpc) is 2.96. The van der Waals surface area contributed by atoms with Gasteiger partial charge >= 0.3 is 0 Å². The molecule has 3 rings (SSSR count). The summed E-state index contributed by atoms with van der Waals surface area (Å²) in [4.78, 5) is 11.2. The highest BCUT2D eigenvalue weighted by atomic mass is 32.2. The molecular weight excluding hydrogens is 318 g/mol. The molecule has 0 bridgehead atoms. The average molecular weight is 337 g/mol. The minimum atomic E-state index is -3.38. The van der Waals surface area contributed by atoms with Crippen LogP contribution in [0.4, 0.5) is 0 Å². The second kappa shape index (κ2) is 6.25. The molecule has 2 heterocycles. The molecule has 1 fully saturated rings. The molecule has 0 unspecified atom stereocenters. The van der Waals surface area contributed by atoms with Crippen LogP contribution in [0.25, 0.3) is 11.0 Å². The van der Waals surface area contributed by atoms with Gasteiger partial charge in [-0.3, -0.25) is 4.79 Å². The Morgan fingerprint density at radius 1 is 1.26 bits per heavy atom. The Labute approximate surface area is 134 Å². The maximum atomic E-state index is 12.4. The van der Waals surface area contributed by atoms with Crippen molar-refractivity contribution < 1.29 is 13.2 Å². The molecule has 1 aliphatic rings. The standard InChI is InChI=1S/C14H19N5O3S/c15-14(20)11-5-7-18(8-6-11)23(21,22)10-9-19-13-4-2-1-3-12(13)16-17-19/h1-4,11H,5-10H2,(H2,15,20). The molecular formula is C14H19N5O3S. The van der Waals surface area contributed by atoms with Crippen molar-refractivity contribution >= 4 is 27.0 Å². The van der Waals surface area contributed by atoms with E-state index >= 15 is 0 Å². The van der Waals surface area contributed by atoms with E-state index in [2.05, 4.69) is 10.3 Å². The van der Waals surface area contributed by atoms with Crippen LogP contribution >= 0.6 is 0 Å². The first-order valence-electron chi connectivity index (χ1n) is 7.53. The van der Waals surface area contributed by atoms with Crippen molar-refractivity contribution in [2.24, 2.45) is 11.7 Å². The number of para-hydroxylation sites is 1. The summed E-state index contributed by atoms with van der Waals surface area (Å²) in [5.74, 6) is -0.612. The summed E-state index contributed by atoms with van der Waals surface area (Å²) in [6, 6.07) is 7.43. The molecule has 8 nitrogen and oxygen atoms in total. The number of carbonyl (C=O) groups excluding carboxylic acids is 1. The van der Waals surface area contributed by atoms with E-state index in [1.54, 1.807) is 4.68 Å². The Morgan fingerprint density at radius 3 is 2.65 bits per heavy atom. The van der Waals surface area contributed by atoms with Gasteiger partial charge in [-0.25, -0.2) is 17.4 Å². The van der Waals surface area contributed by atoms with Gasteiger partial charge in [-0.2, -0.15) is 0 Å². The lowest BCUT2D eigenvalue weighted by molar-refractivity contribution is -0.122. The topological polar surface area (TPSA) is 111 Å². The highest BCUT2D eigenvalue weighted by molar-refractivity contribution is 7.89. The number of fused-ring (bicyclic) bond motifs is 1. The fraction of sp³-hybridized carbons (Fsp3) is 0.500. The summed E-state index contributed by atoms with van der Waals surface area (Å²) in [5.41, 5.74) is 6.83. The number of piperidine rings is 1. The SMILES string of the molecule is NC(=O)C1CCN(S(=O)(=O)CCn2nnc3ccccc32)CC1. The summed E-state index contributed by atoms with van der Waals surface area (Å²) in [7, 11) is -3.38. The number of sulfonamides is 1. The maximum Gasteiger partial charge on any atom is 0.220 e. The normalized spacial score (nSPS) is 17.6. The summed E-state index contributed by atoms with van der Waals surface area (Å²) < 4.78 is 27.9. The van der Waals surface area contributed by atoms with Crippen LogP contribution in [0.2, 0.25) is 0 Å². The van der Waals surface area contributed by atoms with Crippen LogP contribution in [0, 0.1) is 5.92 Å². The number of nitrogens with zero attached hydrogens (tertiary/aromatic N) is 4. The number of benzene rings is 1. The van der Waals surface area contributed by atoms with Crippen LogP contribution in [0.1, 0.15) is 12.8 Å². The van der Waals surface area contributed by atoms with Crippen molar-refractivity contribution in [1.29, 1.82) is 0 Å². The van der Waals surface area contributed by atoms with E-state index < -0.39 is 10.0 Å². The molecule has 23 heavy (non-hydrogen) atoms. The van der Waals surface area contributed by atoms with Gasteiger partial charge in [0.15, 0.2) is 0 Å². The lowest BCUT2D eigenvalue weighted by atomic mass is 9.98. The van der Waals surface area contributed by atoms with Crippen molar-refractivity contribution in [3.63, 3.8) is 0 Å². The van der Waals surface area contributed by atoms with Gasteiger partial charge in [0.1, 0.15) is 5.52 Å². The van der Waals surface area contributed by atoms with Crippen molar-refractivity contribution in [2.45, 2.75) is 19.4 Å². The number of hydrogen-bond donors (Lipinski definition) is 1. The largest absolute Gasteiger partial charge is 0.369 e. The molecule has 1 aromatic carbocycles. The van der Waals surface area contributed by atoms with Crippen LogP contribution in [0.5, 0.6) is 0 Å². The van der Waals surface area contributed by atoms with E-state index in [0.717, 1.165) is 11.0 Å². The first-order chi connectivity index (χ1) is 11.0. The lowest BCUT2D eigenvalue weighted by Crippen LogP contribution is -2.43. The monoisotopic (exact) mass is 337 g/mol. The predicted octanol–water partition coefficient (Wildman–Crippen LogP) is -0.0416. The zero-order valence-corrected chi connectivity index (χ0v) is 13.4.